The quantitative estimate of drug-likeness (QED) is 0.685. The lowest BCUT2D eigenvalue weighted by Crippen LogP contribution is -2.49. The van der Waals surface area contributed by atoms with Crippen LogP contribution in [0.15, 0.2) is 12.2 Å². The first-order valence-electron chi connectivity index (χ1n) is 7.00. The van der Waals surface area contributed by atoms with E-state index in [1.807, 2.05) is 0 Å². The highest BCUT2D eigenvalue weighted by Gasteiger charge is 2.29. The van der Waals surface area contributed by atoms with Crippen molar-refractivity contribution in [2.45, 2.75) is 45.1 Å². The molecule has 3 heteroatoms. The highest BCUT2D eigenvalue weighted by molar-refractivity contribution is 5.82. The topological polar surface area (TPSA) is 23.6 Å². The number of rotatable bonds is 2. The highest BCUT2D eigenvalue weighted by atomic mass is 16.2. The number of carbonyl (C=O) groups is 1. The summed E-state index contributed by atoms with van der Waals surface area (Å²) in [5, 5.41) is 0. The first-order chi connectivity index (χ1) is 8.33. The van der Waals surface area contributed by atoms with E-state index >= 15 is 0 Å². The summed E-state index contributed by atoms with van der Waals surface area (Å²) in [5.74, 6) is 0.359. The van der Waals surface area contributed by atoms with E-state index < -0.39 is 0 Å². The average molecular weight is 236 g/mol. The van der Waals surface area contributed by atoms with Crippen LogP contribution in [0.5, 0.6) is 0 Å². The van der Waals surface area contributed by atoms with Crippen molar-refractivity contribution in [3.8, 4) is 0 Å². The molecule has 17 heavy (non-hydrogen) atoms. The Morgan fingerprint density at radius 3 is 2.65 bits per heavy atom. The van der Waals surface area contributed by atoms with E-state index in [4.69, 9.17) is 0 Å². The van der Waals surface area contributed by atoms with Crippen molar-refractivity contribution in [1.82, 2.24) is 9.80 Å². The van der Waals surface area contributed by atoms with Gasteiger partial charge < -0.3 is 4.90 Å². The summed E-state index contributed by atoms with van der Waals surface area (Å²) in [6.45, 7) is 6.10. The molecule has 96 valence electrons. The van der Waals surface area contributed by atoms with Crippen LogP contribution in [0.25, 0.3) is 0 Å². The van der Waals surface area contributed by atoms with Crippen LogP contribution < -0.4 is 0 Å². The summed E-state index contributed by atoms with van der Waals surface area (Å²) in [6.07, 6.45) is 10.0. The molecule has 1 fully saturated rings. The van der Waals surface area contributed by atoms with Crippen molar-refractivity contribution in [2.24, 2.45) is 0 Å². The number of likely N-dealkylation sites (N-methyl/N-ethyl adjacent to an activating group) is 1. The maximum atomic E-state index is 12.5. The molecule has 0 spiro atoms. The predicted molar refractivity (Wildman–Crippen MR) is 69.8 cm³/mol. The summed E-state index contributed by atoms with van der Waals surface area (Å²) < 4.78 is 0. The number of hydrogen-bond acceptors (Lipinski definition) is 2. The van der Waals surface area contributed by atoms with Crippen molar-refractivity contribution in [1.29, 1.82) is 0 Å². The fourth-order valence-corrected chi connectivity index (χ4v) is 2.85. The molecule has 0 saturated carbocycles. The van der Waals surface area contributed by atoms with Crippen LogP contribution in [0.3, 0.4) is 0 Å². The molecular formula is C14H24N2O. The monoisotopic (exact) mass is 236 g/mol. The Morgan fingerprint density at radius 1 is 1.18 bits per heavy atom. The van der Waals surface area contributed by atoms with Gasteiger partial charge in [-0.3, -0.25) is 9.69 Å². The van der Waals surface area contributed by atoms with Crippen molar-refractivity contribution in [3.05, 3.63) is 12.2 Å². The summed E-state index contributed by atoms with van der Waals surface area (Å²) in [5.41, 5.74) is 0. The second-order valence-electron chi connectivity index (χ2n) is 5.03. The Hall–Kier alpha value is -0.830. The summed E-state index contributed by atoms with van der Waals surface area (Å²) in [7, 11) is 0. The first-order valence-corrected chi connectivity index (χ1v) is 7.00. The Bertz CT molecular complexity index is 282. The molecule has 0 radical (unpaired) electrons. The van der Waals surface area contributed by atoms with Gasteiger partial charge in [0.1, 0.15) is 0 Å². The molecule has 3 nitrogen and oxygen atoms in total. The normalized spacial score (nSPS) is 26.9. The molecule has 2 rings (SSSR count). The van der Waals surface area contributed by atoms with Crippen LogP contribution in [0.2, 0.25) is 0 Å². The fraction of sp³-hybridized carbons (Fsp3) is 0.786. The van der Waals surface area contributed by atoms with E-state index in [1.54, 1.807) is 0 Å². The Balaban J connectivity index is 2.01. The van der Waals surface area contributed by atoms with Gasteiger partial charge in [0.05, 0.1) is 6.04 Å². The van der Waals surface area contributed by atoms with Crippen LogP contribution in [0.4, 0.5) is 0 Å². The summed E-state index contributed by atoms with van der Waals surface area (Å²) >= 11 is 0. The number of nitrogens with zero attached hydrogens (tertiary/aromatic N) is 2. The zero-order chi connectivity index (χ0) is 12.1. The molecule has 0 aromatic carbocycles. The van der Waals surface area contributed by atoms with E-state index in [2.05, 4.69) is 28.9 Å². The SMILES string of the molecule is CCN1CCC=CCC1C(=O)N1CCCCC1. The molecule has 2 aliphatic heterocycles. The van der Waals surface area contributed by atoms with Gasteiger partial charge in [0, 0.05) is 19.6 Å². The summed E-state index contributed by atoms with van der Waals surface area (Å²) in [4.78, 5) is 16.9. The lowest BCUT2D eigenvalue weighted by molar-refractivity contribution is -0.137. The van der Waals surface area contributed by atoms with Gasteiger partial charge in [-0.25, -0.2) is 0 Å². The van der Waals surface area contributed by atoms with E-state index in [0.29, 0.717) is 5.91 Å². The lowest BCUT2D eigenvalue weighted by atomic mass is 10.1. The van der Waals surface area contributed by atoms with E-state index in [-0.39, 0.29) is 6.04 Å². The van der Waals surface area contributed by atoms with Crippen molar-refractivity contribution in [2.75, 3.05) is 26.2 Å². The van der Waals surface area contributed by atoms with Gasteiger partial charge in [0.25, 0.3) is 0 Å². The Kier molecular flexibility index (Phi) is 4.60. The standard InChI is InChI=1S/C14H24N2O/c1-2-15-10-6-3-5-9-13(15)14(17)16-11-7-4-8-12-16/h3,5,13H,2,4,6-12H2,1H3. The smallest absolute Gasteiger partial charge is 0.240 e. The maximum Gasteiger partial charge on any atom is 0.240 e. The second kappa shape index (κ2) is 6.20. The van der Waals surface area contributed by atoms with Gasteiger partial charge in [-0.2, -0.15) is 0 Å². The molecule has 1 amide bonds. The van der Waals surface area contributed by atoms with Crippen molar-refractivity contribution in [3.63, 3.8) is 0 Å². The summed E-state index contributed by atoms with van der Waals surface area (Å²) in [6, 6.07) is 0.0943. The zero-order valence-corrected chi connectivity index (χ0v) is 10.9. The van der Waals surface area contributed by atoms with E-state index in [1.165, 1.54) is 19.3 Å². The van der Waals surface area contributed by atoms with Crippen LogP contribution in [0, 0.1) is 0 Å². The number of piperidine rings is 1. The minimum atomic E-state index is 0.0943. The van der Waals surface area contributed by atoms with Gasteiger partial charge >= 0.3 is 0 Å². The van der Waals surface area contributed by atoms with Crippen LogP contribution in [-0.2, 0) is 4.79 Å². The molecule has 1 saturated heterocycles. The molecule has 1 atom stereocenters. The molecular weight excluding hydrogens is 212 g/mol. The Labute approximate surface area is 104 Å². The van der Waals surface area contributed by atoms with Gasteiger partial charge in [-0.05, 0) is 38.6 Å². The predicted octanol–water partition coefficient (Wildman–Crippen LogP) is 2.04. The average Bonchev–Trinajstić information content (AvgIpc) is 2.64. The molecule has 2 heterocycles. The minimum absolute atomic E-state index is 0.0943. The molecule has 0 aromatic rings. The second-order valence-corrected chi connectivity index (χ2v) is 5.03. The third-order valence-electron chi connectivity index (χ3n) is 3.91. The molecule has 0 aliphatic carbocycles. The third kappa shape index (κ3) is 3.09. The third-order valence-corrected chi connectivity index (χ3v) is 3.91. The van der Waals surface area contributed by atoms with Gasteiger partial charge in [0.2, 0.25) is 5.91 Å². The van der Waals surface area contributed by atoms with Crippen LogP contribution in [0.1, 0.15) is 39.0 Å². The van der Waals surface area contributed by atoms with Crippen molar-refractivity contribution < 1.29 is 4.79 Å². The van der Waals surface area contributed by atoms with Crippen LogP contribution >= 0.6 is 0 Å². The first kappa shape index (κ1) is 12.6. The van der Waals surface area contributed by atoms with E-state index in [0.717, 1.165) is 39.0 Å². The fourth-order valence-electron chi connectivity index (χ4n) is 2.85. The number of likely N-dealkylation sites (tertiary alicyclic amines) is 1. The largest absolute Gasteiger partial charge is 0.341 e. The number of hydrogen-bond donors (Lipinski definition) is 0. The zero-order valence-electron chi connectivity index (χ0n) is 10.9. The van der Waals surface area contributed by atoms with Crippen molar-refractivity contribution >= 4 is 5.91 Å². The van der Waals surface area contributed by atoms with E-state index in [9.17, 15) is 4.79 Å². The molecule has 2 aliphatic rings. The van der Waals surface area contributed by atoms with Crippen LogP contribution in [-0.4, -0.2) is 47.9 Å². The lowest BCUT2D eigenvalue weighted by Gasteiger charge is -2.34. The number of carbonyl (C=O) groups excluding carboxylic acids is 1. The number of amides is 1. The van der Waals surface area contributed by atoms with Gasteiger partial charge in [-0.1, -0.05) is 19.1 Å². The minimum Gasteiger partial charge on any atom is -0.341 e. The van der Waals surface area contributed by atoms with Gasteiger partial charge in [-0.15, -0.1) is 0 Å². The maximum absolute atomic E-state index is 12.5. The van der Waals surface area contributed by atoms with Gasteiger partial charge in [0.15, 0.2) is 0 Å². The molecule has 0 aromatic heterocycles. The molecule has 0 bridgehead atoms. The Morgan fingerprint density at radius 2 is 1.94 bits per heavy atom. The highest BCUT2D eigenvalue weighted by Crippen LogP contribution is 2.17. The molecule has 0 N–H and O–H groups in total. The molecule has 1 unspecified atom stereocenters.